The Morgan fingerprint density at radius 2 is 1.77 bits per heavy atom. The van der Waals surface area contributed by atoms with E-state index in [-0.39, 0.29) is 29.7 Å². The predicted molar refractivity (Wildman–Crippen MR) is 109 cm³/mol. The van der Waals surface area contributed by atoms with Gasteiger partial charge in [-0.2, -0.15) is 0 Å². The Bertz CT molecular complexity index is 981. The number of hydrogen-bond donors (Lipinski definition) is 2. The van der Waals surface area contributed by atoms with Gasteiger partial charge in [0.05, 0.1) is 4.90 Å². The van der Waals surface area contributed by atoms with Gasteiger partial charge in [0.15, 0.2) is 11.5 Å². The number of carbonyl (C=O) groups excluding carboxylic acids is 1. The lowest BCUT2D eigenvalue weighted by molar-refractivity contribution is -0.121. The van der Waals surface area contributed by atoms with Crippen LogP contribution in [0.1, 0.15) is 31.2 Å². The average molecular weight is 437 g/mol. The van der Waals surface area contributed by atoms with Crippen LogP contribution < -0.4 is 19.5 Å². The summed E-state index contributed by atoms with van der Waals surface area (Å²) in [6.45, 7) is 1.25. The Balaban J connectivity index is 1.34. The van der Waals surface area contributed by atoms with Crippen molar-refractivity contribution >= 4 is 15.9 Å². The Labute approximate surface area is 175 Å². The number of carbonyl (C=O) groups is 1. The van der Waals surface area contributed by atoms with Gasteiger partial charge in [0.1, 0.15) is 19.0 Å². The number of nitrogens with one attached hydrogen (secondary N) is 2. The largest absolute Gasteiger partial charge is 0.486 e. The van der Waals surface area contributed by atoms with Crippen molar-refractivity contribution < 1.29 is 27.1 Å². The second kappa shape index (κ2) is 10.4. The Hall–Kier alpha value is -2.65. The lowest BCUT2D eigenvalue weighted by atomic mass is 10.1. The highest BCUT2D eigenvalue weighted by Crippen LogP contribution is 2.32. The molecular formula is C21H25FN2O5S. The van der Waals surface area contributed by atoms with Crippen molar-refractivity contribution in [1.29, 1.82) is 0 Å². The van der Waals surface area contributed by atoms with E-state index >= 15 is 0 Å². The molecule has 0 aliphatic carbocycles. The van der Waals surface area contributed by atoms with Crippen molar-refractivity contribution in [3.05, 3.63) is 53.8 Å². The second-order valence-electron chi connectivity index (χ2n) is 6.88. The molecule has 0 atom stereocenters. The van der Waals surface area contributed by atoms with Crippen molar-refractivity contribution in [2.45, 2.75) is 37.1 Å². The van der Waals surface area contributed by atoms with Gasteiger partial charge in [-0.15, -0.1) is 0 Å². The molecule has 0 bridgehead atoms. The number of amides is 1. The SMILES string of the molecule is O=C(CCCCCNS(=O)(=O)c1ccc2c(c1)OCCO2)NCc1ccccc1F. The molecule has 2 N–H and O–H groups in total. The topological polar surface area (TPSA) is 93.7 Å². The van der Waals surface area contributed by atoms with Crippen molar-refractivity contribution in [1.82, 2.24) is 10.0 Å². The first-order chi connectivity index (χ1) is 14.5. The molecular weight excluding hydrogens is 411 g/mol. The number of halogens is 1. The van der Waals surface area contributed by atoms with Crippen LogP contribution in [0.3, 0.4) is 0 Å². The molecule has 0 unspecified atom stereocenters. The third kappa shape index (κ3) is 6.17. The predicted octanol–water partition coefficient (Wildman–Crippen LogP) is 2.75. The van der Waals surface area contributed by atoms with E-state index in [4.69, 9.17) is 9.47 Å². The fourth-order valence-electron chi connectivity index (χ4n) is 2.99. The summed E-state index contributed by atoms with van der Waals surface area (Å²) in [4.78, 5) is 12.0. The normalized spacial score (nSPS) is 13.1. The second-order valence-corrected chi connectivity index (χ2v) is 8.65. The molecule has 1 heterocycles. The summed E-state index contributed by atoms with van der Waals surface area (Å²) >= 11 is 0. The number of benzene rings is 2. The molecule has 3 rings (SSSR count). The fraction of sp³-hybridized carbons (Fsp3) is 0.381. The van der Waals surface area contributed by atoms with Crippen LogP contribution in [0.25, 0.3) is 0 Å². The quantitative estimate of drug-likeness (QED) is 0.559. The fourth-order valence-corrected chi connectivity index (χ4v) is 4.08. The van der Waals surface area contributed by atoms with Crippen molar-refractivity contribution in [3.63, 3.8) is 0 Å². The summed E-state index contributed by atoms with van der Waals surface area (Å²) < 4.78 is 51.7. The van der Waals surface area contributed by atoms with E-state index in [0.717, 1.165) is 0 Å². The number of fused-ring (bicyclic) bond motifs is 1. The van der Waals surface area contributed by atoms with E-state index in [1.54, 1.807) is 24.3 Å². The van der Waals surface area contributed by atoms with Gasteiger partial charge in [-0.3, -0.25) is 4.79 Å². The number of rotatable bonds is 10. The number of hydrogen-bond acceptors (Lipinski definition) is 5. The minimum absolute atomic E-state index is 0.124. The number of unbranched alkanes of at least 4 members (excludes halogenated alkanes) is 2. The van der Waals surface area contributed by atoms with E-state index < -0.39 is 10.0 Å². The lowest BCUT2D eigenvalue weighted by Crippen LogP contribution is -2.25. The molecule has 7 nitrogen and oxygen atoms in total. The Morgan fingerprint density at radius 3 is 2.57 bits per heavy atom. The van der Waals surface area contributed by atoms with Crippen LogP contribution in [0.4, 0.5) is 4.39 Å². The van der Waals surface area contributed by atoms with E-state index in [1.165, 1.54) is 18.2 Å². The van der Waals surface area contributed by atoms with Crippen LogP contribution in [0, 0.1) is 5.82 Å². The van der Waals surface area contributed by atoms with Gasteiger partial charge in [0.2, 0.25) is 15.9 Å². The monoisotopic (exact) mass is 436 g/mol. The molecule has 1 amide bonds. The summed E-state index contributed by atoms with van der Waals surface area (Å²) in [6, 6.07) is 10.8. The molecule has 2 aromatic rings. The van der Waals surface area contributed by atoms with Crippen molar-refractivity contribution in [3.8, 4) is 11.5 Å². The maximum Gasteiger partial charge on any atom is 0.240 e. The Kier molecular flexibility index (Phi) is 7.64. The van der Waals surface area contributed by atoms with Gasteiger partial charge in [-0.1, -0.05) is 24.6 Å². The zero-order valence-electron chi connectivity index (χ0n) is 16.5. The molecule has 1 aliphatic heterocycles. The zero-order chi connectivity index (χ0) is 21.4. The first kappa shape index (κ1) is 22.0. The minimum atomic E-state index is -3.64. The maximum absolute atomic E-state index is 13.5. The van der Waals surface area contributed by atoms with Crippen molar-refractivity contribution in [2.24, 2.45) is 0 Å². The third-order valence-corrected chi connectivity index (χ3v) is 6.09. The Morgan fingerprint density at radius 1 is 1.00 bits per heavy atom. The molecule has 0 fully saturated rings. The first-order valence-electron chi connectivity index (χ1n) is 9.85. The molecule has 9 heteroatoms. The molecule has 0 spiro atoms. The summed E-state index contributed by atoms with van der Waals surface area (Å²) in [5, 5.41) is 2.69. The van der Waals surface area contributed by atoms with Crippen LogP contribution in [0.2, 0.25) is 0 Å². The molecule has 0 saturated heterocycles. The highest BCUT2D eigenvalue weighted by atomic mass is 32.2. The van der Waals surface area contributed by atoms with Crippen molar-refractivity contribution in [2.75, 3.05) is 19.8 Å². The van der Waals surface area contributed by atoms with E-state index in [0.29, 0.717) is 56.0 Å². The smallest absolute Gasteiger partial charge is 0.240 e. The van der Waals surface area contributed by atoms with Crippen LogP contribution in [-0.2, 0) is 21.4 Å². The highest BCUT2D eigenvalue weighted by molar-refractivity contribution is 7.89. The van der Waals surface area contributed by atoms with E-state index in [2.05, 4.69) is 10.0 Å². The van der Waals surface area contributed by atoms with Gasteiger partial charge < -0.3 is 14.8 Å². The first-order valence-corrected chi connectivity index (χ1v) is 11.3. The molecule has 30 heavy (non-hydrogen) atoms. The summed E-state index contributed by atoms with van der Waals surface area (Å²) in [5.74, 6) is 0.456. The summed E-state index contributed by atoms with van der Waals surface area (Å²) in [6.07, 6.45) is 2.22. The summed E-state index contributed by atoms with van der Waals surface area (Å²) in [7, 11) is -3.64. The third-order valence-electron chi connectivity index (χ3n) is 4.63. The van der Waals surface area contributed by atoms with E-state index in [9.17, 15) is 17.6 Å². The minimum Gasteiger partial charge on any atom is -0.486 e. The molecule has 1 aliphatic rings. The van der Waals surface area contributed by atoms with Crippen LogP contribution >= 0.6 is 0 Å². The number of ether oxygens (including phenoxy) is 2. The molecule has 0 saturated carbocycles. The standard InChI is InChI=1S/C21H25FN2O5S/c22-18-7-4-3-6-16(18)15-23-21(25)8-2-1-5-11-24-30(26,27)17-9-10-19-20(14-17)29-13-12-28-19/h3-4,6-7,9-10,14,24H,1-2,5,8,11-13,15H2,(H,23,25). The average Bonchev–Trinajstić information content (AvgIpc) is 2.75. The van der Waals surface area contributed by atoms with E-state index in [1.807, 2.05) is 0 Å². The summed E-state index contributed by atoms with van der Waals surface area (Å²) in [5.41, 5.74) is 0.444. The highest BCUT2D eigenvalue weighted by Gasteiger charge is 2.18. The zero-order valence-corrected chi connectivity index (χ0v) is 17.3. The maximum atomic E-state index is 13.5. The van der Waals surface area contributed by atoms with Crippen LogP contribution in [0.15, 0.2) is 47.4 Å². The molecule has 2 aromatic carbocycles. The van der Waals surface area contributed by atoms with Gasteiger partial charge in [-0.05, 0) is 31.0 Å². The van der Waals surface area contributed by atoms with Gasteiger partial charge >= 0.3 is 0 Å². The lowest BCUT2D eigenvalue weighted by Gasteiger charge is -2.18. The molecule has 0 aromatic heterocycles. The van der Waals surface area contributed by atoms with Crippen LogP contribution in [0.5, 0.6) is 11.5 Å². The molecule has 0 radical (unpaired) electrons. The molecule has 162 valence electrons. The van der Waals surface area contributed by atoms with Gasteiger partial charge in [0, 0.05) is 31.1 Å². The van der Waals surface area contributed by atoms with Gasteiger partial charge in [0.25, 0.3) is 0 Å². The number of sulfonamides is 1. The van der Waals surface area contributed by atoms with Gasteiger partial charge in [-0.25, -0.2) is 17.5 Å². The van der Waals surface area contributed by atoms with Crippen LogP contribution in [-0.4, -0.2) is 34.1 Å².